The third kappa shape index (κ3) is 3.90. The zero-order valence-electron chi connectivity index (χ0n) is 17.6. The normalized spacial score (nSPS) is 20.6. The van der Waals surface area contributed by atoms with Gasteiger partial charge < -0.3 is 9.84 Å². The number of aliphatic hydroxyl groups excluding tert-OH is 1. The molecule has 156 valence electrons. The number of hydrogen-bond acceptors (Lipinski definition) is 4. The molecule has 1 fully saturated rings. The Morgan fingerprint density at radius 3 is 2.00 bits per heavy atom. The second-order valence-corrected chi connectivity index (χ2v) is 8.87. The summed E-state index contributed by atoms with van der Waals surface area (Å²) in [6.07, 6.45) is 2.47. The van der Waals surface area contributed by atoms with Gasteiger partial charge in [0.05, 0.1) is 12.1 Å². The van der Waals surface area contributed by atoms with Crippen LogP contribution in [0.2, 0.25) is 0 Å². The Hall–Kier alpha value is -1.98. The van der Waals surface area contributed by atoms with Crippen LogP contribution >= 0.6 is 11.8 Å². The number of cyclic esters (lactones) is 1. The average molecular weight is 414 g/mol. The van der Waals surface area contributed by atoms with Crippen LogP contribution in [0.15, 0.2) is 60.7 Å². The quantitative estimate of drug-likeness (QED) is 0.641. The fraction of sp³-hybridized carbons (Fsp3) is 0.458. The van der Waals surface area contributed by atoms with Crippen molar-refractivity contribution in [1.82, 2.24) is 4.90 Å². The lowest BCUT2D eigenvalue weighted by atomic mass is 9.75. The van der Waals surface area contributed by atoms with Gasteiger partial charge in [0.2, 0.25) is 0 Å². The van der Waals surface area contributed by atoms with Crippen LogP contribution in [-0.4, -0.2) is 39.9 Å². The Kier molecular flexibility index (Phi) is 6.91. The van der Waals surface area contributed by atoms with Crippen molar-refractivity contribution < 1.29 is 14.6 Å². The van der Waals surface area contributed by atoms with Gasteiger partial charge in [0.15, 0.2) is 5.60 Å². The summed E-state index contributed by atoms with van der Waals surface area (Å²) >= 11 is 1.51. The Morgan fingerprint density at radius 1 is 1.07 bits per heavy atom. The Bertz CT molecular complexity index is 757. The lowest BCUT2D eigenvalue weighted by Gasteiger charge is -2.41. The van der Waals surface area contributed by atoms with Crippen LogP contribution in [0.25, 0.3) is 0 Å². The van der Waals surface area contributed by atoms with Crippen molar-refractivity contribution in [2.75, 3.05) is 6.26 Å². The number of carbonyl (C=O) groups excluding carboxylic acids is 1. The number of thioether (sulfide) groups is 1. The average Bonchev–Trinajstić information content (AvgIpc) is 3.04. The minimum Gasteiger partial charge on any atom is -0.431 e. The highest BCUT2D eigenvalue weighted by Gasteiger charge is 2.59. The molecule has 0 saturated carbocycles. The Balaban J connectivity index is 2.20. The third-order valence-electron chi connectivity index (χ3n) is 5.64. The monoisotopic (exact) mass is 413 g/mol. The van der Waals surface area contributed by atoms with E-state index in [1.807, 2.05) is 73.8 Å². The molecule has 2 aromatic rings. The Morgan fingerprint density at radius 2 is 1.59 bits per heavy atom. The summed E-state index contributed by atoms with van der Waals surface area (Å²) in [6.45, 7) is 6.27. The predicted octanol–water partition coefficient (Wildman–Crippen LogP) is 5.26. The van der Waals surface area contributed by atoms with Gasteiger partial charge in [-0.15, -0.1) is 11.8 Å². The van der Waals surface area contributed by atoms with Gasteiger partial charge in [-0.3, -0.25) is 4.90 Å². The van der Waals surface area contributed by atoms with E-state index in [1.54, 1.807) is 4.90 Å². The molecule has 3 atom stereocenters. The van der Waals surface area contributed by atoms with Gasteiger partial charge in [0.1, 0.15) is 5.37 Å². The van der Waals surface area contributed by atoms with Gasteiger partial charge in [0.25, 0.3) is 0 Å². The number of amides is 1. The van der Waals surface area contributed by atoms with Crippen LogP contribution in [0.1, 0.15) is 44.7 Å². The number of rotatable bonds is 8. The molecule has 1 aliphatic rings. The van der Waals surface area contributed by atoms with Crippen LogP contribution in [0.4, 0.5) is 4.79 Å². The van der Waals surface area contributed by atoms with Crippen LogP contribution in [0.3, 0.4) is 0 Å². The molecule has 4 nitrogen and oxygen atoms in total. The van der Waals surface area contributed by atoms with Crippen molar-refractivity contribution in [1.29, 1.82) is 0 Å². The molecule has 5 heteroatoms. The predicted molar refractivity (Wildman–Crippen MR) is 119 cm³/mol. The number of nitrogens with zero attached hydrogens (tertiary/aromatic N) is 1. The first-order valence-corrected chi connectivity index (χ1v) is 11.6. The van der Waals surface area contributed by atoms with E-state index in [0.717, 1.165) is 17.5 Å². The maximum absolute atomic E-state index is 13.3. The van der Waals surface area contributed by atoms with Crippen molar-refractivity contribution in [3.05, 3.63) is 71.8 Å². The molecule has 1 amide bonds. The highest BCUT2D eigenvalue weighted by atomic mass is 32.2. The molecule has 0 unspecified atom stereocenters. The van der Waals surface area contributed by atoms with E-state index < -0.39 is 11.7 Å². The molecule has 0 spiro atoms. The number of aliphatic hydroxyl groups is 1. The lowest BCUT2D eigenvalue weighted by Crippen LogP contribution is -2.53. The molecule has 1 saturated heterocycles. The first-order chi connectivity index (χ1) is 14.0. The second-order valence-electron chi connectivity index (χ2n) is 7.91. The fourth-order valence-electron chi connectivity index (χ4n) is 4.50. The summed E-state index contributed by atoms with van der Waals surface area (Å²) in [5.74, 6) is 0.116. The molecular formula is C24H31NO3S. The third-order valence-corrected chi connectivity index (χ3v) is 6.67. The minimum absolute atomic E-state index is 0.116. The summed E-state index contributed by atoms with van der Waals surface area (Å²) in [5.41, 5.74) is 0.976. The molecule has 3 rings (SSSR count). The van der Waals surface area contributed by atoms with Gasteiger partial charge in [-0.25, -0.2) is 4.79 Å². The molecule has 1 aliphatic heterocycles. The van der Waals surface area contributed by atoms with E-state index in [0.29, 0.717) is 6.42 Å². The molecular weight excluding hydrogens is 382 g/mol. The molecule has 1 heterocycles. The number of benzene rings is 2. The highest BCUT2D eigenvalue weighted by molar-refractivity contribution is 7.99. The van der Waals surface area contributed by atoms with Crippen LogP contribution in [0, 0.1) is 5.92 Å². The minimum atomic E-state index is -0.923. The summed E-state index contributed by atoms with van der Waals surface area (Å²) in [5, 5.41) is 10.5. The summed E-state index contributed by atoms with van der Waals surface area (Å²) < 4.78 is 6.28. The van der Waals surface area contributed by atoms with Gasteiger partial charge in [-0.1, -0.05) is 87.9 Å². The lowest BCUT2D eigenvalue weighted by molar-refractivity contribution is 0.0469. The largest absolute Gasteiger partial charge is 0.431 e. The van der Waals surface area contributed by atoms with Gasteiger partial charge >= 0.3 is 6.09 Å². The van der Waals surface area contributed by atoms with E-state index in [1.165, 1.54) is 11.8 Å². The Labute approximate surface area is 178 Å². The highest BCUT2D eigenvalue weighted by Crippen LogP contribution is 2.49. The molecule has 0 aromatic heterocycles. The SMILES string of the molecule is CCC[C@H](O)[C@H](SC)N1C(=O)OC(c2ccccc2)(c2ccccc2)[C@@H]1C(C)C. The standard InChI is InChI=1S/C24H31NO3S/c1-5-12-20(26)22(29-4)25-21(17(2)3)24(28-23(25)27,18-13-8-6-9-14-18)19-15-10-7-11-16-19/h6-11,13-17,20-22,26H,5,12H2,1-4H3/t20-,21-,22-/m0/s1. The van der Waals surface area contributed by atoms with Crippen molar-refractivity contribution in [2.45, 2.75) is 56.7 Å². The van der Waals surface area contributed by atoms with E-state index in [9.17, 15) is 9.90 Å². The van der Waals surface area contributed by atoms with Crippen LogP contribution < -0.4 is 0 Å². The van der Waals surface area contributed by atoms with Crippen molar-refractivity contribution in [2.24, 2.45) is 5.92 Å². The van der Waals surface area contributed by atoms with Gasteiger partial charge in [-0.05, 0) is 18.6 Å². The zero-order valence-corrected chi connectivity index (χ0v) is 18.4. The first-order valence-electron chi connectivity index (χ1n) is 10.3. The number of ether oxygens (including phenoxy) is 1. The topological polar surface area (TPSA) is 49.8 Å². The summed E-state index contributed by atoms with van der Waals surface area (Å²) in [7, 11) is 0. The van der Waals surface area contributed by atoms with Gasteiger partial charge in [0, 0.05) is 11.1 Å². The second kappa shape index (κ2) is 9.23. The number of hydrogen-bond donors (Lipinski definition) is 1. The van der Waals surface area contributed by atoms with E-state index in [4.69, 9.17) is 4.74 Å². The van der Waals surface area contributed by atoms with Crippen molar-refractivity contribution in [3.8, 4) is 0 Å². The zero-order chi connectivity index (χ0) is 21.0. The van der Waals surface area contributed by atoms with Crippen molar-refractivity contribution >= 4 is 17.9 Å². The maximum atomic E-state index is 13.3. The summed E-state index contributed by atoms with van der Waals surface area (Å²) in [4.78, 5) is 15.1. The molecule has 2 aromatic carbocycles. The molecule has 1 N–H and O–H groups in total. The number of carbonyl (C=O) groups is 1. The van der Waals surface area contributed by atoms with Crippen LogP contribution in [0.5, 0.6) is 0 Å². The fourth-order valence-corrected chi connectivity index (χ4v) is 5.40. The van der Waals surface area contributed by atoms with E-state index in [-0.39, 0.29) is 23.4 Å². The smallest absolute Gasteiger partial charge is 0.412 e. The molecule has 0 radical (unpaired) electrons. The van der Waals surface area contributed by atoms with E-state index in [2.05, 4.69) is 13.8 Å². The first kappa shape index (κ1) is 21.7. The van der Waals surface area contributed by atoms with Crippen molar-refractivity contribution in [3.63, 3.8) is 0 Å². The molecule has 0 bridgehead atoms. The summed E-state index contributed by atoms with van der Waals surface area (Å²) in [6, 6.07) is 19.7. The van der Waals surface area contributed by atoms with Crippen LogP contribution in [-0.2, 0) is 10.3 Å². The maximum Gasteiger partial charge on any atom is 0.412 e. The molecule has 29 heavy (non-hydrogen) atoms. The molecule has 0 aliphatic carbocycles. The van der Waals surface area contributed by atoms with E-state index >= 15 is 0 Å². The van der Waals surface area contributed by atoms with Gasteiger partial charge in [-0.2, -0.15) is 0 Å².